The zero-order valence-electron chi connectivity index (χ0n) is 15.7. The average Bonchev–Trinajstić information content (AvgIpc) is 3.39. The molecule has 1 heterocycles. The molecule has 2 aromatic rings. The van der Waals surface area contributed by atoms with Gasteiger partial charge in [-0.3, -0.25) is 4.79 Å². The van der Waals surface area contributed by atoms with Crippen molar-refractivity contribution in [3.05, 3.63) is 35.1 Å². The Labute approximate surface area is 169 Å². The predicted molar refractivity (Wildman–Crippen MR) is 107 cm³/mol. The van der Waals surface area contributed by atoms with E-state index in [0.29, 0.717) is 22.6 Å². The van der Waals surface area contributed by atoms with Crippen LogP contribution >= 0.6 is 23.4 Å². The standard InChI is InChI=1S/C19H25ClN4O2S/c1-3-14(4-2)24-17(11-26-16-8-6-5-7-15(16)20)22-23-19(24)27-12-18(25)21-13-9-10-13/h5-8,13-14H,3-4,9-12H2,1-2H3,(H,21,25). The number of nitrogens with one attached hydrogen (secondary N) is 1. The molecule has 27 heavy (non-hydrogen) atoms. The monoisotopic (exact) mass is 408 g/mol. The van der Waals surface area contributed by atoms with E-state index in [1.165, 1.54) is 11.8 Å². The Kier molecular flexibility index (Phi) is 7.01. The molecule has 1 fully saturated rings. The van der Waals surface area contributed by atoms with Crippen molar-refractivity contribution in [1.82, 2.24) is 20.1 Å². The van der Waals surface area contributed by atoms with E-state index >= 15 is 0 Å². The van der Waals surface area contributed by atoms with Crippen LogP contribution in [0.5, 0.6) is 5.75 Å². The number of amides is 1. The fourth-order valence-electron chi connectivity index (χ4n) is 2.86. The number of rotatable bonds is 10. The number of halogens is 1. The second-order valence-electron chi connectivity index (χ2n) is 6.59. The molecule has 0 aliphatic heterocycles. The summed E-state index contributed by atoms with van der Waals surface area (Å²) in [6.07, 6.45) is 4.08. The van der Waals surface area contributed by atoms with E-state index in [-0.39, 0.29) is 18.6 Å². The highest BCUT2D eigenvalue weighted by Crippen LogP contribution is 2.28. The molecule has 0 spiro atoms. The quantitative estimate of drug-likeness (QED) is 0.595. The molecule has 0 atom stereocenters. The molecule has 1 aromatic heterocycles. The van der Waals surface area contributed by atoms with Crippen LogP contribution in [0.1, 0.15) is 51.4 Å². The van der Waals surface area contributed by atoms with Gasteiger partial charge in [0, 0.05) is 12.1 Å². The van der Waals surface area contributed by atoms with Gasteiger partial charge in [-0.1, -0.05) is 49.3 Å². The highest BCUT2D eigenvalue weighted by Gasteiger charge is 2.24. The zero-order chi connectivity index (χ0) is 19.2. The van der Waals surface area contributed by atoms with Crippen LogP contribution in [-0.4, -0.2) is 32.5 Å². The van der Waals surface area contributed by atoms with E-state index in [1.54, 1.807) is 6.07 Å². The molecule has 146 valence electrons. The van der Waals surface area contributed by atoms with E-state index in [0.717, 1.165) is 36.7 Å². The Morgan fingerprint density at radius 2 is 2.07 bits per heavy atom. The normalized spacial score (nSPS) is 13.8. The molecular weight excluding hydrogens is 384 g/mol. The van der Waals surface area contributed by atoms with Crippen LogP contribution in [0.15, 0.2) is 29.4 Å². The highest BCUT2D eigenvalue weighted by atomic mass is 35.5. The van der Waals surface area contributed by atoms with Crippen molar-refractivity contribution in [1.29, 1.82) is 0 Å². The molecule has 0 unspecified atom stereocenters. The summed E-state index contributed by atoms with van der Waals surface area (Å²) in [5.74, 6) is 1.76. The van der Waals surface area contributed by atoms with Gasteiger partial charge >= 0.3 is 0 Å². The smallest absolute Gasteiger partial charge is 0.230 e. The fourth-order valence-corrected chi connectivity index (χ4v) is 3.88. The minimum absolute atomic E-state index is 0.0514. The van der Waals surface area contributed by atoms with Crippen molar-refractivity contribution in [2.24, 2.45) is 0 Å². The SMILES string of the molecule is CCC(CC)n1c(COc2ccccc2Cl)nnc1SCC(=O)NC1CC1. The van der Waals surface area contributed by atoms with Gasteiger partial charge in [0.1, 0.15) is 12.4 Å². The first-order valence-electron chi connectivity index (χ1n) is 9.35. The van der Waals surface area contributed by atoms with Gasteiger partial charge in [-0.25, -0.2) is 0 Å². The van der Waals surface area contributed by atoms with Crippen LogP contribution in [0.3, 0.4) is 0 Å². The second kappa shape index (κ2) is 9.46. The number of carbonyl (C=O) groups excluding carboxylic acids is 1. The first kappa shape index (κ1) is 20.0. The summed E-state index contributed by atoms with van der Waals surface area (Å²) in [6, 6.07) is 8.00. The number of para-hydroxylation sites is 1. The van der Waals surface area contributed by atoms with Crippen LogP contribution in [-0.2, 0) is 11.4 Å². The zero-order valence-corrected chi connectivity index (χ0v) is 17.2. The van der Waals surface area contributed by atoms with E-state index in [9.17, 15) is 4.79 Å². The summed E-state index contributed by atoms with van der Waals surface area (Å²) in [5, 5.41) is 13.0. The van der Waals surface area contributed by atoms with Crippen LogP contribution in [0, 0.1) is 0 Å². The minimum Gasteiger partial charge on any atom is -0.484 e. The van der Waals surface area contributed by atoms with Crippen LogP contribution in [0.4, 0.5) is 0 Å². The van der Waals surface area contributed by atoms with Gasteiger partial charge < -0.3 is 14.6 Å². The first-order valence-corrected chi connectivity index (χ1v) is 10.7. The average molecular weight is 409 g/mol. The topological polar surface area (TPSA) is 69.0 Å². The van der Waals surface area contributed by atoms with Gasteiger partial charge in [0.05, 0.1) is 10.8 Å². The molecule has 0 bridgehead atoms. The number of carbonyl (C=O) groups is 1. The van der Waals surface area contributed by atoms with E-state index < -0.39 is 0 Å². The summed E-state index contributed by atoms with van der Waals surface area (Å²) in [4.78, 5) is 12.0. The van der Waals surface area contributed by atoms with Gasteiger partial charge in [-0.15, -0.1) is 10.2 Å². The predicted octanol–water partition coefficient (Wildman–Crippen LogP) is 4.24. The summed E-state index contributed by atoms with van der Waals surface area (Å²) in [7, 11) is 0. The molecule has 6 nitrogen and oxygen atoms in total. The molecule has 1 aromatic carbocycles. The Morgan fingerprint density at radius 1 is 1.33 bits per heavy atom. The molecule has 1 saturated carbocycles. The van der Waals surface area contributed by atoms with Crippen molar-refractivity contribution in [2.45, 2.75) is 63.4 Å². The lowest BCUT2D eigenvalue weighted by Crippen LogP contribution is -2.27. The number of ether oxygens (including phenoxy) is 1. The Morgan fingerprint density at radius 3 is 2.74 bits per heavy atom. The molecule has 3 rings (SSSR count). The lowest BCUT2D eigenvalue weighted by atomic mass is 10.2. The number of thioether (sulfide) groups is 1. The van der Waals surface area contributed by atoms with Gasteiger partial charge in [0.25, 0.3) is 0 Å². The molecular formula is C19H25ClN4O2S. The first-order chi connectivity index (χ1) is 13.1. The van der Waals surface area contributed by atoms with Crippen molar-refractivity contribution < 1.29 is 9.53 Å². The third kappa shape index (κ3) is 5.39. The maximum Gasteiger partial charge on any atom is 0.230 e. The third-order valence-electron chi connectivity index (χ3n) is 4.51. The molecule has 1 aliphatic rings. The number of hydrogen-bond acceptors (Lipinski definition) is 5. The van der Waals surface area contributed by atoms with Crippen LogP contribution in [0.25, 0.3) is 0 Å². The maximum atomic E-state index is 12.0. The highest BCUT2D eigenvalue weighted by molar-refractivity contribution is 7.99. The lowest BCUT2D eigenvalue weighted by molar-refractivity contribution is -0.118. The molecule has 1 amide bonds. The van der Waals surface area contributed by atoms with Crippen molar-refractivity contribution in [2.75, 3.05) is 5.75 Å². The van der Waals surface area contributed by atoms with Crippen molar-refractivity contribution in [3.8, 4) is 5.75 Å². The lowest BCUT2D eigenvalue weighted by Gasteiger charge is -2.19. The summed E-state index contributed by atoms with van der Waals surface area (Å²) < 4.78 is 7.96. The van der Waals surface area contributed by atoms with Crippen LogP contribution in [0.2, 0.25) is 5.02 Å². The molecule has 1 aliphatic carbocycles. The molecule has 0 radical (unpaired) electrons. The van der Waals surface area contributed by atoms with Gasteiger partial charge in [0.2, 0.25) is 5.91 Å². The van der Waals surface area contributed by atoms with Gasteiger partial charge in [-0.05, 0) is 37.8 Å². The van der Waals surface area contributed by atoms with Crippen LogP contribution < -0.4 is 10.1 Å². The van der Waals surface area contributed by atoms with E-state index in [4.69, 9.17) is 16.3 Å². The largest absolute Gasteiger partial charge is 0.484 e. The molecule has 1 N–H and O–H groups in total. The Balaban J connectivity index is 1.71. The fraction of sp³-hybridized carbons (Fsp3) is 0.526. The number of aromatic nitrogens is 3. The Bertz CT molecular complexity index is 775. The minimum atomic E-state index is 0.0514. The Hall–Kier alpha value is -1.73. The van der Waals surface area contributed by atoms with Gasteiger partial charge in [0.15, 0.2) is 11.0 Å². The summed E-state index contributed by atoms with van der Waals surface area (Å²) >= 11 is 7.59. The number of hydrogen-bond donors (Lipinski definition) is 1. The third-order valence-corrected chi connectivity index (χ3v) is 5.77. The number of benzene rings is 1. The summed E-state index contributed by atoms with van der Waals surface area (Å²) in [6.45, 7) is 4.56. The molecule has 0 saturated heterocycles. The van der Waals surface area contributed by atoms with Crippen molar-refractivity contribution >= 4 is 29.3 Å². The van der Waals surface area contributed by atoms with E-state index in [1.807, 2.05) is 18.2 Å². The second-order valence-corrected chi connectivity index (χ2v) is 7.94. The van der Waals surface area contributed by atoms with Gasteiger partial charge in [-0.2, -0.15) is 0 Å². The molecule has 8 heteroatoms. The van der Waals surface area contributed by atoms with E-state index in [2.05, 4.69) is 33.9 Å². The summed E-state index contributed by atoms with van der Waals surface area (Å²) in [5.41, 5.74) is 0. The maximum absolute atomic E-state index is 12.0. The van der Waals surface area contributed by atoms with Crippen molar-refractivity contribution in [3.63, 3.8) is 0 Å². The number of nitrogens with zero attached hydrogens (tertiary/aromatic N) is 3.